The Morgan fingerprint density at radius 1 is 1.07 bits per heavy atom. The van der Waals surface area contributed by atoms with Crippen LogP contribution in [0, 0.1) is 20.8 Å². The predicted molar refractivity (Wildman–Crippen MR) is 126 cm³/mol. The van der Waals surface area contributed by atoms with Gasteiger partial charge in [0.1, 0.15) is 0 Å². The number of thiazole rings is 1. The van der Waals surface area contributed by atoms with Gasteiger partial charge in [-0.1, -0.05) is 35.1 Å². The molecule has 2 heterocycles. The number of carbonyl (C=O) groups is 1. The highest BCUT2D eigenvalue weighted by Crippen LogP contribution is 2.32. The quantitative estimate of drug-likeness (QED) is 0.353. The van der Waals surface area contributed by atoms with E-state index in [9.17, 15) is 4.79 Å². The summed E-state index contributed by atoms with van der Waals surface area (Å²) in [5, 5.41) is 0.730. The molecule has 4 rings (SSSR count). The van der Waals surface area contributed by atoms with E-state index in [1.54, 1.807) is 40.4 Å². The summed E-state index contributed by atoms with van der Waals surface area (Å²) in [5.41, 5.74) is 5.58. The molecule has 0 spiro atoms. The van der Waals surface area contributed by atoms with Gasteiger partial charge in [-0.3, -0.25) is 14.7 Å². The molecule has 0 fully saturated rings. The van der Waals surface area contributed by atoms with Crippen LogP contribution >= 0.6 is 23.1 Å². The first-order valence-corrected chi connectivity index (χ1v) is 11.6. The zero-order valence-corrected chi connectivity index (χ0v) is 18.9. The number of fused-ring (bicyclic) bond motifs is 1. The molecule has 0 aliphatic heterocycles. The molecule has 0 unspecified atom stereocenters. The van der Waals surface area contributed by atoms with Gasteiger partial charge in [-0.25, -0.2) is 4.98 Å². The molecule has 4 nitrogen and oxygen atoms in total. The summed E-state index contributed by atoms with van der Waals surface area (Å²) in [6.45, 7) is 6.71. The summed E-state index contributed by atoms with van der Waals surface area (Å²) >= 11 is 3.12. The van der Waals surface area contributed by atoms with Crippen LogP contribution in [0.25, 0.3) is 10.2 Å². The van der Waals surface area contributed by atoms with Gasteiger partial charge in [0.15, 0.2) is 5.13 Å². The van der Waals surface area contributed by atoms with Crippen LogP contribution in [0.4, 0.5) is 5.13 Å². The van der Waals surface area contributed by atoms with Crippen LogP contribution in [0.3, 0.4) is 0 Å². The fourth-order valence-corrected chi connectivity index (χ4v) is 4.91. The molecular formula is C24H23N3OS2. The van der Waals surface area contributed by atoms with E-state index in [2.05, 4.69) is 62.2 Å². The lowest BCUT2D eigenvalue weighted by molar-refractivity contribution is -0.116. The Labute approximate surface area is 185 Å². The maximum atomic E-state index is 13.3. The Bertz CT molecular complexity index is 1130. The van der Waals surface area contributed by atoms with E-state index in [-0.39, 0.29) is 5.91 Å². The van der Waals surface area contributed by atoms with Crippen LogP contribution < -0.4 is 4.90 Å². The molecule has 30 heavy (non-hydrogen) atoms. The summed E-state index contributed by atoms with van der Waals surface area (Å²) in [6.07, 6.45) is 3.54. The van der Waals surface area contributed by atoms with Gasteiger partial charge < -0.3 is 0 Å². The third kappa shape index (κ3) is 4.71. The first-order valence-electron chi connectivity index (χ1n) is 9.76. The second-order valence-corrected chi connectivity index (χ2v) is 9.40. The van der Waals surface area contributed by atoms with Gasteiger partial charge in [-0.05, 0) is 67.8 Å². The SMILES string of the molecule is Cc1ccc(SCC(=O)N(Cc2cccnc2)c2nc3cc(C)c(C)cc3s2)cc1. The highest BCUT2D eigenvalue weighted by molar-refractivity contribution is 8.00. The molecule has 0 aliphatic carbocycles. The number of aryl methyl sites for hydroxylation is 3. The topological polar surface area (TPSA) is 46.1 Å². The average molecular weight is 434 g/mol. The molecule has 6 heteroatoms. The maximum Gasteiger partial charge on any atom is 0.239 e. The van der Waals surface area contributed by atoms with Crippen LogP contribution in [0.15, 0.2) is 65.8 Å². The van der Waals surface area contributed by atoms with Gasteiger partial charge >= 0.3 is 0 Å². The standard InChI is InChI=1S/C24H23N3OS2/c1-16-6-8-20(9-7-16)29-15-23(28)27(14-19-5-4-10-25-13-19)24-26-21-11-17(2)18(3)12-22(21)30-24/h4-13H,14-15H2,1-3H3. The summed E-state index contributed by atoms with van der Waals surface area (Å²) in [5.74, 6) is 0.397. The predicted octanol–water partition coefficient (Wildman–Crippen LogP) is 5.94. The number of carbonyl (C=O) groups excluding carboxylic acids is 1. The smallest absolute Gasteiger partial charge is 0.239 e. The Morgan fingerprint density at radius 2 is 1.83 bits per heavy atom. The number of nitrogens with zero attached hydrogens (tertiary/aromatic N) is 3. The summed E-state index contributed by atoms with van der Waals surface area (Å²) in [7, 11) is 0. The van der Waals surface area contributed by atoms with Gasteiger partial charge in [0.25, 0.3) is 0 Å². The van der Waals surface area contributed by atoms with Gasteiger partial charge in [-0.2, -0.15) is 0 Å². The monoisotopic (exact) mass is 433 g/mol. The fourth-order valence-electron chi connectivity index (χ4n) is 3.08. The highest BCUT2D eigenvalue weighted by atomic mass is 32.2. The van der Waals surface area contributed by atoms with Gasteiger partial charge in [0.2, 0.25) is 5.91 Å². The van der Waals surface area contributed by atoms with Crippen molar-refractivity contribution in [3.63, 3.8) is 0 Å². The second-order valence-electron chi connectivity index (χ2n) is 7.34. The van der Waals surface area contributed by atoms with E-state index in [4.69, 9.17) is 4.98 Å². The van der Waals surface area contributed by atoms with E-state index >= 15 is 0 Å². The third-order valence-corrected chi connectivity index (χ3v) is 7.01. The lowest BCUT2D eigenvalue weighted by atomic mass is 10.1. The van der Waals surface area contributed by atoms with Crippen LogP contribution in [0.1, 0.15) is 22.3 Å². The van der Waals surface area contributed by atoms with E-state index in [1.807, 2.05) is 12.1 Å². The minimum Gasteiger partial charge on any atom is -0.283 e. The lowest BCUT2D eigenvalue weighted by Gasteiger charge is -2.19. The Hall–Kier alpha value is -2.70. The van der Waals surface area contributed by atoms with Crippen molar-refractivity contribution in [2.75, 3.05) is 10.7 Å². The number of benzene rings is 2. The third-order valence-electron chi connectivity index (χ3n) is 4.97. The number of thioether (sulfide) groups is 1. The van der Waals surface area contributed by atoms with Crippen LogP contribution in [-0.2, 0) is 11.3 Å². The van der Waals surface area contributed by atoms with Crippen molar-refractivity contribution in [1.29, 1.82) is 0 Å². The number of hydrogen-bond donors (Lipinski definition) is 0. The van der Waals surface area contributed by atoms with Crippen LogP contribution in [-0.4, -0.2) is 21.6 Å². The van der Waals surface area contributed by atoms with E-state index in [0.717, 1.165) is 25.8 Å². The van der Waals surface area contributed by atoms with Crippen molar-refractivity contribution in [2.45, 2.75) is 32.2 Å². The number of aromatic nitrogens is 2. The van der Waals surface area contributed by atoms with Gasteiger partial charge in [0, 0.05) is 17.3 Å². The molecule has 2 aromatic carbocycles. The minimum atomic E-state index is 0.0388. The normalized spacial score (nSPS) is 11.0. The highest BCUT2D eigenvalue weighted by Gasteiger charge is 2.21. The molecule has 0 bridgehead atoms. The van der Waals surface area contributed by atoms with Crippen molar-refractivity contribution in [3.05, 3.63) is 83.2 Å². The minimum absolute atomic E-state index is 0.0388. The molecule has 0 saturated carbocycles. The molecule has 0 atom stereocenters. The van der Waals surface area contributed by atoms with E-state index in [1.165, 1.54) is 16.7 Å². The molecule has 1 amide bonds. The first kappa shape index (κ1) is 20.6. The van der Waals surface area contributed by atoms with E-state index < -0.39 is 0 Å². The molecule has 0 N–H and O–H groups in total. The molecule has 2 aromatic heterocycles. The molecule has 0 saturated heterocycles. The molecule has 4 aromatic rings. The number of amides is 1. The Balaban J connectivity index is 1.62. The number of anilines is 1. The number of rotatable bonds is 6. The van der Waals surface area contributed by atoms with Crippen molar-refractivity contribution in [2.24, 2.45) is 0 Å². The molecular weight excluding hydrogens is 410 g/mol. The Kier molecular flexibility index (Phi) is 6.16. The zero-order valence-electron chi connectivity index (χ0n) is 17.3. The maximum absolute atomic E-state index is 13.3. The van der Waals surface area contributed by atoms with Gasteiger partial charge in [-0.15, -0.1) is 11.8 Å². The fraction of sp³-hybridized carbons (Fsp3) is 0.208. The summed E-state index contributed by atoms with van der Waals surface area (Å²) in [4.78, 5) is 25.1. The molecule has 152 valence electrons. The van der Waals surface area contributed by atoms with E-state index in [0.29, 0.717) is 12.3 Å². The Morgan fingerprint density at radius 3 is 2.57 bits per heavy atom. The lowest BCUT2D eigenvalue weighted by Crippen LogP contribution is -2.31. The van der Waals surface area contributed by atoms with Crippen molar-refractivity contribution in [3.8, 4) is 0 Å². The van der Waals surface area contributed by atoms with Gasteiger partial charge in [0.05, 0.1) is 22.5 Å². The summed E-state index contributed by atoms with van der Waals surface area (Å²) < 4.78 is 1.10. The largest absolute Gasteiger partial charge is 0.283 e. The first-order chi connectivity index (χ1) is 14.5. The number of pyridine rings is 1. The second kappa shape index (κ2) is 8.98. The molecule has 0 aliphatic rings. The summed E-state index contributed by atoms with van der Waals surface area (Å²) in [6, 6.07) is 16.4. The van der Waals surface area contributed by atoms with Crippen molar-refractivity contribution < 1.29 is 4.79 Å². The number of hydrogen-bond acceptors (Lipinski definition) is 5. The molecule has 0 radical (unpaired) electrons. The van der Waals surface area contributed by atoms with Crippen LogP contribution in [0.2, 0.25) is 0 Å². The average Bonchev–Trinajstić information content (AvgIpc) is 3.14. The zero-order chi connectivity index (χ0) is 21.1. The van der Waals surface area contributed by atoms with Crippen LogP contribution in [0.5, 0.6) is 0 Å². The van der Waals surface area contributed by atoms with Crippen molar-refractivity contribution in [1.82, 2.24) is 9.97 Å². The van der Waals surface area contributed by atoms with Crippen molar-refractivity contribution >= 4 is 44.4 Å².